The molecule has 20 heavy (non-hydrogen) atoms. The van der Waals surface area contributed by atoms with Crippen molar-refractivity contribution in [1.82, 2.24) is 4.98 Å². The van der Waals surface area contributed by atoms with E-state index in [4.69, 9.17) is 23.2 Å². The molecule has 0 amide bonds. The summed E-state index contributed by atoms with van der Waals surface area (Å²) in [5, 5.41) is 1.19. The van der Waals surface area contributed by atoms with Crippen LogP contribution in [0.5, 0.6) is 0 Å². The van der Waals surface area contributed by atoms with Gasteiger partial charge in [0, 0.05) is 33.2 Å². The first-order chi connectivity index (χ1) is 9.56. The predicted octanol–water partition coefficient (Wildman–Crippen LogP) is 4.84. The Bertz CT molecular complexity index is 826. The first-order valence-corrected chi connectivity index (χ1v) is 6.58. The molecule has 0 saturated carbocycles. The minimum Gasteiger partial charge on any atom is -0.360 e. The van der Waals surface area contributed by atoms with Crippen LogP contribution in [-0.4, -0.2) is 10.8 Å². The quantitative estimate of drug-likeness (QED) is 0.675. The summed E-state index contributed by atoms with van der Waals surface area (Å²) >= 11 is 11.7. The number of carbonyl (C=O) groups is 1. The van der Waals surface area contributed by atoms with Gasteiger partial charge in [-0.3, -0.25) is 4.79 Å². The van der Waals surface area contributed by atoms with Crippen LogP contribution in [0.25, 0.3) is 10.9 Å². The van der Waals surface area contributed by atoms with E-state index in [-0.39, 0.29) is 10.8 Å². The van der Waals surface area contributed by atoms with Crippen LogP contribution in [0.2, 0.25) is 10.0 Å². The molecular weight excluding hydrogens is 300 g/mol. The SMILES string of the molecule is O=C(c1ccc(F)c(Cl)c1)c1c[nH]c2ccc(Cl)cc12. The second-order valence-corrected chi connectivity index (χ2v) is 5.19. The number of rotatable bonds is 2. The third kappa shape index (κ3) is 2.19. The summed E-state index contributed by atoms with van der Waals surface area (Å²) in [5.41, 5.74) is 1.62. The van der Waals surface area contributed by atoms with Gasteiger partial charge in [0.1, 0.15) is 5.82 Å². The van der Waals surface area contributed by atoms with E-state index in [1.54, 1.807) is 24.4 Å². The molecule has 1 N–H and O–H groups in total. The standard InChI is InChI=1S/C15H8Cl2FNO/c16-9-2-4-14-10(6-9)11(7-19-14)15(20)8-1-3-13(18)12(17)5-8/h1-7,19H. The lowest BCUT2D eigenvalue weighted by molar-refractivity contribution is 0.104. The molecule has 0 unspecified atom stereocenters. The summed E-state index contributed by atoms with van der Waals surface area (Å²) in [4.78, 5) is 15.5. The number of hydrogen-bond donors (Lipinski definition) is 1. The highest BCUT2D eigenvalue weighted by atomic mass is 35.5. The van der Waals surface area contributed by atoms with Gasteiger partial charge < -0.3 is 4.98 Å². The topological polar surface area (TPSA) is 32.9 Å². The molecule has 0 atom stereocenters. The Hall–Kier alpha value is -1.84. The van der Waals surface area contributed by atoms with Crippen LogP contribution < -0.4 is 0 Å². The van der Waals surface area contributed by atoms with Crippen LogP contribution in [0.1, 0.15) is 15.9 Å². The van der Waals surface area contributed by atoms with Gasteiger partial charge in [-0.05, 0) is 36.4 Å². The minimum atomic E-state index is -0.551. The molecular formula is C15H8Cl2FNO. The number of benzene rings is 2. The molecule has 0 spiro atoms. The zero-order valence-electron chi connectivity index (χ0n) is 10.1. The van der Waals surface area contributed by atoms with Crippen molar-refractivity contribution in [3.8, 4) is 0 Å². The van der Waals surface area contributed by atoms with Crippen molar-refractivity contribution in [1.29, 1.82) is 0 Å². The third-order valence-electron chi connectivity index (χ3n) is 3.07. The molecule has 0 aliphatic rings. The molecule has 0 saturated heterocycles. The molecule has 0 aliphatic carbocycles. The summed E-state index contributed by atoms with van der Waals surface area (Å²) < 4.78 is 13.1. The Labute approximate surface area is 124 Å². The van der Waals surface area contributed by atoms with Crippen molar-refractivity contribution < 1.29 is 9.18 Å². The van der Waals surface area contributed by atoms with Crippen LogP contribution in [0, 0.1) is 5.82 Å². The predicted molar refractivity (Wildman–Crippen MR) is 78.2 cm³/mol. The number of nitrogens with one attached hydrogen (secondary N) is 1. The molecule has 0 fully saturated rings. The first-order valence-electron chi connectivity index (χ1n) is 5.82. The molecule has 2 nitrogen and oxygen atoms in total. The van der Waals surface area contributed by atoms with Gasteiger partial charge in [-0.25, -0.2) is 4.39 Å². The fraction of sp³-hybridized carbons (Fsp3) is 0. The lowest BCUT2D eigenvalue weighted by Gasteiger charge is -2.02. The molecule has 3 rings (SSSR count). The first kappa shape index (κ1) is 13.2. The summed E-state index contributed by atoms with van der Waals surface area (Å²) in [7, 11) is 0. The molecule has 100 valence electrons. The van der Waals surface area contributed by atoms with E-state index in [1.807, 2.05) is 0 Å². The van der Waals surface area contributed by atoms with Gasteiger partial charge in [-0.2, -0.15) is 0 Å². The van der Waals surface area contributed by atoms with Gasteiger partial charge in [0.25, 0.3) is 0 Å². The number of carbonyl (C=O) groups excluding carboxylic acids is 1. The average Bonchev–Trinajstić information content (AvgIpc) is 2.84. The fourth-order valence-electron chi connectivity index (χ4n) is 2.07. The zero-order chi connectivity index (χ0) is 14.3. The second kappa shape index (κ2) is 4.93. The number of aromatic nitrogens is 1. The maximum atomic E-state index is 13.1. The van der Waals surface area contributed by atoms with E-state index in [2.05, 4.69) is 4.98 Å². The highest BCUT2D eigenvalue weighted by Gasteiger charge is 2.15. The van der Waals surface area contributed by atoms with Crippen LogP contribution in [0.3, 0.4) is 0 Å². The van der Waals surface area contributed by atoms with E-state index in [1.165, 1.54) is 18.2 Å². The van der Waals surface area contributed by atoms with Crippen molar-refractivity contribution in [2.24, 2.45) is 0 Å². The number of hydrogen-bond acceptors (Lipinski definition) is 1. The Kier molecular flexibility index (Phi) is 3.24. The van der Waals surface area contributed by atoms with E-state index in [0.717, 1.165) is 10.9 Å². The van der Waals surface area contributed by atoms with Crippen molar-refractivity contribution in [3.05, 3.63) is 69.6 Å². The van der Waals surface area contributed by atoms with E-state index in [9.17, 15) is 9.18 Å². The van der Waals surface area contributed by atoms with E-state index >= 15 is 0 Å². The van der Waals surface area contributed by atoms with Gasteiger partial charge in [0.2, 0.25) is 0 Å². The van der Waals surface area contributed by atoms with Gasteiger partial charge in [0.15, 0.2) is 5.78 Å². The Morgan fingerprint density at radius 2 is 1.90 bits per heavy atom. The van der Waals surface area contributed by atoms with Crippen molar-refractivity contribution in [2.45, 2.75) is 0 Å². The summed E-state index contributed by atoms with van der Waals surface area (Å²) in [6.45, 7) is 0. The Morgan fingerprint density at radius 3 is 2.65 bits per heavy atom. The highest BCUT2D eigenvalue weighted by molar-refractivity contribution is 6.32. The van der Waals surface area contributed by atoms with Crippen LogP contribution in [0.4, 0.5) is 4.39 Å². The number of H-pyrrole nitrogens is 1. The molecule has 2 aromatic carbocycles. The third-order valence-corrected chi connectivity index (χ3v) is 3.59. The lowest BCUT2D eigenvalue weighted by Crippen LogP contribution is -2.00. The lowest BCUT2D eigenvalue weighted by atomic mass is 10.0. The van der Waals surface area contributed by atoms with Crippen molar-refractivity contribution in [3.63, 3.8) is 0 Å². The normalized spacial score (nSPS) is 10.9. The van der Waals surface area contributed by atoms with Gasteiger partial charge in [0.05, 0.1) is 5.02 Å². The van der Waals surface area contributed by atoms with Crippen LogP contribution >= 0.6 is 23.2 Å². The maximum absolute atomic E-state index is 13.1. The monoisotopic (exact) mass is 307 g/mol. The van der Waals surface area contributed by atoms with Crippen LogP contribution in [0.15, 0.2) is 42.6 Å². The molecule has 1 aromatic heterocycles. The molecule has 1 heterocycles. The molecule has 5 heteroatoms. The van der Waals surface area contributed by atoms with Gasteiger partial charge in [-0.15, -0.1) is 0 Å². The smallest absolute Gasteiger partial charge is 0.195 e. The largest absolute Gasteiger partial charge is 0.360 e. The number of halogens is 3. The number of aromatic amines is 1. The molecule has 0 radical (unpaired) electrons. The zero-order valence-corrected chi connectivity index (χ0v) is 11.6. The van der Waals surface area contributed by atoms with Crippen molar-refractivity contribution in [2.75, 3.05) is 0 Å². The number of ketones is 1. The Balaban J connectivity index is 2.12. The van der Waals surface area contributed by atoms with E-state index in [0.29, 0.717) is 16.1 Å². The summed E-state index contributed by atoms with van der Waals surface area (Å²) in [6, 6.07) is 9.16. The highest BCUT2D eigenvalue weighted by Crippen LogP contribution is 2.25. The maximum Gasteiger partial charge on any atom is 0.195 e. The van der Waals surface area contributed by atoms with Crippen molar-refractivity contribution >= 4 is 39.9 Å². The van der Waals surface area contributed by atoms with Gasteiger partial charge in [-0.1, -0.05) is 23.2 Å². The second-order valence-electron chi connectivity index (χ2n) is 4.35. The summed E-state index contributed by atoms with van der Waals surface area (Å²) in [6.07, 6.45) is 1.61. The van der Waals surface area contributed by atoms with E-state index < -0.39 is 5.82 Å². The molecule has 0 bridgehead atoms. The Morgan fingerprint density at radius 1 is 1.10 bits per heavy atom. The number of fused-ring (bicyclic) bond motifs is 1. The molecule has 3 aromatic rings. The molecule has 0 aliphatic heterocycles. The summed E-state index contributed by atoms with van der Waals surface area (Å²) in [5.74, 6) is -0.786. The van der Waals surface area contributed by atoms with Gasteiger partial charge >= 0.3 is 0 Å². The average molecular weight is 308 g/mol. The minimum absolute atomic E-state index is 0.0753. The fourth-order valence-corrected chi connectivity index (χ4v) is 2.43. The van der Waals surface area contributed by atoms with Crippen LogP contribution in [-0.2, 0) is 0 Å².